The van der Waals surface area contributed by atoms with E-state index in [1.54, 1.807) is 36.4 Å². The summed E-state index contributed by atoms with van der Waals surface area (Å²) in [5.41, 5.74) is 2.86. The number of carbonyl (C=O) groups is 2. The summed E-state index contributed by atoms with van der Waals surface area (Å²) >= 11 is -0.826. The van der Waals surface area contributed by atoms with Crippen LogP contribution in [0.3, 0.4) is 0 Å². The van der Waals surface area contributed by atoms with Gasteiger partial charge >= 0.3 is 57.8 Å². The van der Waals surface area contributed by atoms with Crippen molar-refractivity contribution in [1.82, 2.24) is 10.5 Å². The molecule has 0 aliphatic rings. The van der Waals surface area contributed by atoms with Crippen molar-refractivity contribution in [1.29, 1.82) is 0 Å². The normalized spacial score (nSPS) is 11.0. The number of rotatable bonds is 8. The Hall–Kier alpha value is -3.85. The van der Waals surface area contributed by atoms with Gasteiger partial charge in [0.1, 0.15) is 0 Å². The molecule has 6 aromatic rings. The van der Waals surface area contributed by atoms with Crippen molar-refractivity contribution in [2.75, 3.05) is 0 Å². The number of alkyl halides is 6. The summed E-state index contributed by atoms with van der Waals surface area (Å²) in [6, 6.07) is 30.7. The van der Waals surface area contributed by atoms with Crippen LogP contribution in [0.25, 0.3) is 43.8 Å². The molecule has 281 valence electrons. The summed E-state index contributed by atoms with van der Waals surface area (Å²) in [4.78, 5) is 18.8. The molecule has 2 amide bonds. The third-order valence-corrected chi connectivity index (χ3v) is 8.23. The molecule has 0 heterocycles. The van der Waals surface area contributed by atoms with Gasteiger partial charge in [-0.25, -0.2) is 0 Å². The van der Waals surface area contributed by atoms with E-state index in [1.807, 2.05) is 36.4 Å². The first-order valence-electron chi connectivity index (χ1n) is 16.5. The SMILES string of the molecule is CC(C)c1cc2c(-c3ccccc3C(F)(F)F)cccc2[cH-]1.CC(C)c1cc2c(-c3ccccc3C(F)(F)F)cccc2[cH-]1.O=CN[B]NC=O.[Cl][Zr+2][Cl]. The Morgan fingerprint density at radius 1 is 0.593 bits per heavy atom. The Kier molecular flexibility index (Phi) is 17.1. The van der Waals surface area contributed by atoms with Gasteiger partial charge in [-0.15, -0.1) is 69.1 Å². The van der Waals surface area contributed by atoms with E-state index in [2.05, 4.69) is 50.3 Å². The van der Waals surface area contributed by atoms with Crippen LogP contribution < -0.4 is 10.5 Å². The molecule has 0 aliphatic carbocycles. The predicted octanol–water partition coefficient (Wildman–Crippen LogP) is 12.1. The molecule has 14 heteroatoms. The third-order valence-electron chi connectivity index (χ3n) is 8.23. The summed E-state index contributed by atoms with van der Waals surface area (Å²) in [6.07, 6.45) is -7.80. The average Bonchev–Trinajstić information content (AvgIpc) is 3.78. The summed E-state index contributed by atoms with van der Waals surface area (Å²) in [5, 5.41) is 7.93. The molecule has 0 aromatic heterocycles. The topological polar surface area (TPSA) is 58.2 Å². The fourth-order valence-electron chi connectivity index (χ4n) is 5.70. The number of halogens is 8. The molecule has 1 radical (unpaired) electrons. The van der Waals surface area contributed by atoms with Crippen molar-refractivity contribution in [2.24, 2.45) is 0 Å². The first kappa shape index (κ1) is 44.5. The summed E-state index contributed by atoms with van der Waals surface area (Å²) in [7, 11) is 11.0. The predicted molar refractivity (Wildman–Crippen MR) is 204 cm³/mol. The quantitative estimate of drug-likeness (QED) is 0.0526. The molecule has 0 bridgehead atoms. The molecular weight excluding hydrogens is 827 g/mol. The van der Waals surface area contributed by atoms with Crippen molar-refractivity contribution in [3.63, 3.8) is 0 Å². The minimum absolute atomic E-state index is 0.238. The monoisotopic (exact) mass is 861 g/mol. The Morgan fingerprint density at radius 2 is 0.926 bits per heavy atom. The molecule has 0 atom stereocenters. The Labute approximate surface area is 329 Å². The van der Waals surface area contributed by atoms with Crippen molar-refractivity contribution < 1.29 is 56.8 Å². The number of fused-ring (bicyclic) bond motifs is 2. The Morgan fingerprint density at radius 3 is 1.24 bits per heavy atom. The van der Waals surface area contributed by atoms with Gasteiger partial charge in [-0.3, -0.25) is 9.59 Å². The Balaban J connectivity index is 0.000000233. The zero-order chi connectivity index (χ0) is 40.1. The molecule has 6 aromatic carbocycles. The molecule has 0 saturated carbocycles. The molecule has 0 saturated heterocycles. The van der Waals surface area contributed by atoms with Crippen LogP contribution in [0.15, 0.2) is 109 Å². The van der Waals surface area contributed by atoms with Crippen molar-refractivity contribution in [3.8, 4) is 22.3 Å². The second kappa shape index (κ2) is 20.7. The molecule has 0 spiro atoms. The van der Waals surface area contributed by atoms with E-state index in [0.717, 1.165) is 52.4 Å². The van der Waals surface area contributed by atoms with Crippen LogP contribution in [0, 0.1) is 0 Å². The molecule has 0 aliphatic heterocycles. The first-order chi connectivity index (χ1) is 25.6. The van der Waals surface area contributed by atoms with Crippen molar-refractivity contribution in [2.45, 2.75) is 51.9 Å². The molecule has 0 fully saturated rings. The minimum atomic E-state index is -4.35. The Bertz CT molecular complexity index is 1960. The number of hydrogen-bond donors (Lipinski definition) is 2. The van der Waals surface area contributed by atoms with Crippen LogP contribution in [0.4, 0.5) is 26.3 Å². The molecule has 0 unspecified atom stereocenters. The van der Waals surface area contributed by atoms with Crippen LogP contribution in [0.2, 0.25) is 0 Å². The van der Waals surface area contributed by atoms with Crippen LogP contribution in [0.5, 0.6) is 0 Å². The van der Waals surface area contributed by atoms with E-state index >= 15 is 0 Å². The molecule has 6 rings (SSSR count). The van der Waals surface area contributed by atoms with E-state index in [0.29, 0.717) is 35.8 Å². The fraction of sp³-hybridized carbons (Fsp3) is 0.200. The van der Waals surface area contributed by atoms with E-state index < -0.39 is 44.3 Å². The summed E-state index contributed by atoms with van der Waals surface area (Å²) in [6.45, 7) is 8.32. The van der Waals surface area contributed by atoms with E-state index in [-0.39, 0.29) is 11.1 Å². The summed E-state index contributed by atoms with van der Waals surface area (Å²) in [5.74, 6) is 0.691. The van der Waals surface area contributed by atoms with Crippen molar-refractivity contribution >= 4 is 58.9 Å². The third kappa shape index (κ3) is 12.1. The number of amides is 2. The maximum atomic E-state index is 13.3. The second-order valence-corrected chi connectivity index (χ2v) is 16.1. The van der Waals surface area contributed by atoms with Gasteiger partial charge in [-0.1, -0.05) is 87.4 Å². The molecule has 2 N–H and O–H groups in total. The van der Waals surface area contributed by atoms with E-state index in [9.17, 15) is 35.9 Å². The average molecular weight is 864 g/mol. The van der Waals surface area contributed by atoms with Gasteiger partial charge < -0.3 is 10.5 Å². The second-order valence-electron chi connectivity index (χ2n) is 12.4. The van der Waals surface area contributed by atoms with Gasteiger partial charge in [-0.05, 0) is 35.1 Å². The van der Waals surface area contributed by atoms with Gasteiger partial charge in [0.25, 0.3) is 0 Å². The van der Waals surface area contributed by atoms with Gasteiger partial charge in [-0.2, -0.15) is 38.5 Å². The van der Waals surface area contributed by atoms with Crippen LogP contribution >= 0.6 is 17.0 Å². The maximum absolute atomic E-state index is 13.3. The molecular formula is C40H36BCl2F6N2O2Zr. The van der Waals surface area contributed by atoms with Crippen LogP contribution in [-0.2, 0) is 42.8 Å². The number of benzene rings is 4. The van der Waals surface area contributed by atoms with Gasteiger partial charge in [0.2, 0.25) is 0 Å². The zero-order valence-electron chi connectivity index (χ0n) is 29.6. The fourth-order valence-corrected chi connectivity index (χ4v) is 5.70. The first-order valence-corrected chi connectivity index (χ1v) is 22.8. The van der Waals surface area contributed by atoms with Crippen molar-refractivity contribution in [3.05, 3.63) is 131 Å². The van der Waals surface area contributed by atoms with Crippen LogP contribution in [-0.4, -0.2) is 20.4 Å². The van der Waals surface area contributed by atoms with Gasteiger partial charge in [0.05, 0.1) is 11.1 Å². The number of nitrogens with one attached hydrogen (secondary N) is 2. The van der Waals surface area contributed by atoms with E-state index in [1.165, 1.54) is 12.1 Å². The zero-order valence-corrected chi connectivity index (χ0v) is 33.6. The van der Waals surface area contributed by atoms with Gasteiger partial charge in [0.15, 0.2) is 12.8 Å². The molecule has 4 nitrogen and oxygen atoms in total. The standard InChI is InChI=1S/2C19H16F3.C2H4BN2O2.2ClH.Zr/c2*1-12(2)14-10-13-6-5-8-15(17(13)11-14)16-7-3-4-9-18(16)19(20,21)22;6-1-4-3-5-2-7;;;/h2*3-12H,1-2H3;1-2H,(H,4,6)(H,5,7);2*1H;/q2*-1;;;;+4/p-2. The van der Waals surface area contributed by atoms with Crippen LogP contribution in [0.1, 0.15) is 61.8 Å². The van der Waals surface area contributed by atoms with Gasteiger partial charge in [0, 0.05) is 0 Å². The summed E-state index contributed by atoms with van der Waals surface area (Å²) < 4.78 is 79.6. The van der Waals surface area contributed by atoms with E-state index in [4.69, 9.17) is 17.0 Å². The number of carbonyl (C=O) groups excluding carboxylic acids is 2. The molecule has 54 heavy (non-hydrogen) atoms. The number of hydrogen-bond acceptors (Lipinski definition) is 2.